The van der Waals surface area contributed by atoms with E-state index in [9.17, 15) is 28.7 Å². The lowest BCUT2D eigenvalue weighted by atomic mass is 9.85. The third-order valence-corrected chi connectivity index (χ3v) is 17.0. The first-order valence-electron chi connectivity index (χ1n) is 25.3. The first-order valence-corrected chi connectivity index (χ1v) is 26.9. The van der Waals surface area contributed by atoms with Crippen LogP contribution in [0.2, 0.25) is 0 Å². The number of aryl methyl sites for hydroxylation is 1. The molecule has 3 amide bonds. The van der Waals surface area contributed by atoms with Crippen molar-refractivity contribution in [3.05, 3.63) is 97.8 Å². The zero-order valence-electron chi connectivity index (χ0n) is 41.1. The molecular formula is C54H64BrFN8O6S. The second-order valence-corrected chi connectivity index (χ2v) is 23.3. The molecule has 14 nitrogen and oxygen atoms in total. The second kappa shape index (κ2) is 19.7. The Labute approximate surface area is 425 Å². The number of thiazole rings is 1. The van der Waals surface area contributed by atoms with Gasteiger partial charge >= 0.3 is 0 Å². The highest BCUT2D eigenvalue weighted by molar-refractivity contribution is 9.10. The van der Waals surface area contributed by atoms with Crippen molar-refractivity contribution in [3.8, 4) is 10.4 Å². The Hall–Kier alpha value is -5.07. The number of carbonyl (C=O) groups excluding carboxylic acids is 3. The lowest BCUT2D eigenvalue weighted by Crippen LogP contribution is -2.59. The van der Waals surface area contributed by atoms with Crippen molar-refractivity contribution in [1.29, 1.82) is 0 Å². The Balaban J connectivity index is 0.826. The fraction of sp³-hybridized carbons (Fsp3) is 0.519. The number of hydrogen-bond donors (Lipinski definition) is 3. The van der Waals surface area contributed by atoms with Gasteiger partial charge in [0.05, 0.1) is 62.9 Å². The normalized spacial score (nSPS) is 21.3. The minimum absolute atomic E-state index is 0.0185. The molecule has 2 aliphatic carbocycles. The van der Waals surface area contributed by atoms with Crippen LogP contribution >= 0.6 is 27.3 Å². The summed E-state index contributed by atoms with van der Waals surface area (Å²) in [6.45, 7) is 11.9. The maximum atomic E-state index is 14.8. The summed E-state index contributed by atoms with van der Waals surface area (Å²) in [5.74, 6) is -0.729. The van der Waals surface area contributed by atoms with Crippen molar-refractivity contribution in [2.75, 3.05) is 32.8 Å². The lowest BCUT2D eigenvalue weighted by Gasteiger charge is -2.36. The number of aliphatic hydroxyl groups excluding tert-OH is 1. The van der Waals surface area contributed by atoms with Crippen LogP contribution in [0.1, 0.15) is 120 Å². The van der Waals surface area contributed by atoms with Crippen molar-refractivity contribution in [2.45, 2.75) is 140 Å². The van der Waals surface area contributed by atoms with E-state index in [0.29, 0.717) is 23.6 Å². The van der Waals surface area contributed by atoms with Crippen molar-refractivity contribution in [1.82, 2.24) is 39.4 Å². The first-order chi connectivity index (χ1) is 34.0. The van der Waals surface area contributed by atoms with E-state index in [4.69, 9.17) is 9.72 Å². The average molecular weight is 1050 g/mol. The molecule has 4 aliphatic rings. The molecule has 5 heterocycles. The molecular weight excluding hydrogens is 988 g/mol. The molecule has 6 aromatic rings. The van der Waals surface area contributed by atoms with E-state index in [2.05, 4.69) is 70.5 Å². The number of nitrogens with one attached hydrogen (secondary N) is 2. The number of imidazole rings is 1. The van der Waals surface area contributed by atoms with Gasteiger partial charge in [0.15, 0.2) is 5.67 Å². The molecule has 10 rings (SSSR count). The van der Waals surface area contributed by atoms with Gasteiger partial charge in [-0.3, -0.25) is 23.6 Å². The first kappa shape index (κ1) is 49.5. The number of aliphatic hydroxyl groups is 1. The van der Waals surface area contributed by atoms with Gasteiger partial charge in [-0.15, -0.1) is 11.3 Å². The molecule has 0 unspecified atom stereocenters. The van der Waals surface area contributed by atoms with Gasteiger partial charge in [0.25, 0.3) is 11.5 Å². The zero-order valence-corrected chi connectivity index (χ0v) is 43.5. The Morgan fingerprint density at radius 2 is 1.72 bits per heavy atom. The van der Waals surface area contributed by atoms with Crippen LogP contribution in [0.25, 0.3) is 38.2 Å². The summed E-state index contributed by atoms with van der Waals surface area (Å²) in [4.78, 5) is 68.9. The Morgan fingerprint density at radius 3 is 2.39 bits per heavy atom. The van der Waals surface area contributed by atoms with Crippen LogP contribution in [0.5, 0.6) is 0 Å². The monoisotopic (exact) mass is 1050 g/mol. The van der Waals surface area contributed by atoms with E-state index in [-0.39, 0.29) is 50.1 Å². The number of alkyl halides is 1. The highest BCUT2D eigenvalue weighted by Gasteiger charge is 2.53. The standard InChI is InChI=1S/C54H64BrFN8O6S/c1-31(27-61-23-19-33(20-24-61)36-17-18-41-43(25-36)63(37-9-6-7-10-37)52-60-49(67)45-39(55)11-8-12-42(45)64(41)52)70-29-40(34-13-15-35(16-14-34)46-32(2)57-30-71-46)58-48(66)44-26-38(65)28-62(44)50(68)47(53(3,4)5)59-51(69)54(56)21-22-54/h8,11-18,25,30-31,33,37-38,40,44,47,65H,6-7,9-10,19-24,26-29H2,1-5H3,(H,58,66)(H,59,69)/t31-,38-,40+,44+,47-/m1/s1. The van der Waals surface area contributed by atoms with Crippen LogP contribution in [-0.4, -0.2) is 114 Å². The number of fused-ring (bicyclic) bond motifs is 5. The quantitative estimate of drug-likeness (QED) is 0.0971. The number of amides is 3. The topological polar surface area (TPSA) is 163 Å². The summed E-state index contributed by atoms with van der Waals surface area (Å²) in [6.07, 6.45) is 5.51. The molecule has 2 saturated heterocycles. The molecule has 4 fully saturated rings. The lowest BCUT2D eigenvalue weighted by molar-refractivity contribution is -0.145. The van der Waals surface area contributed by atoms with Crippen molar-refractivity contribution in [2.24, 2.45) is 5.41 Å². The molecule has 2 saturated carbocycles. The Morgan fingerprint density at radius 1 is 0.986 bits per heavy atom. The number of piperidine rings is 1. The average Bonchev–Trinajstić information content (AvgIpc) is 3.79. The maximum absolute atomic E-state index is 14.8. The predicted molar refractivity (Wildman–Crippen MR) is 277 cm³/mol. The number of likely N-dealkylation sites (tertiary alicyclic amines) is 2. The third-order valence-electron chi connectivity index (χ3n) is 15.4. The molecule has 2 aliphatic heterocycles. The zero-order chi connectivity index (χ0) is 49.9. The van der Waals surface area contributed by atoms with Crippen molar-refractivity contribution >= 4 is 72.7 Å². The van der Waals surface area contributed by atoms with Gasteiger partial charge in [-0.25, -0.2) is 9.37 Å². The highest BCUT2D eigenvalue weighted by Crippen LogP contribution is 2.41. The molecule has 3 aromatic carbocycles. The van der Waals surface area contributed by atoms with Gasteiger partial charge in [0.1, 0.15) is 12.1 Å². The summed E-state index contributed by atoms with van der Waals surface area (Å²) >= 11 is 5.17. The smallest absolute Gasteiger partial charge is 0.283 e. The fourth-order valence-electron chi connectivity index (χ4n) is 11.2. The molecule has 376 valence electrons. The van der Waals surface area contributed by atoms with E-state index < -0.39 is 53.0 Å². The minimum Gasteiger partial charge on any atom is -0.391 e. The van der Waals surface area contributed by atoms with Crippen LogP contribution in [0.15, 0.2) is 75.4 Å². The van der Waals surface area contributed by atoms with Crippen LogP contribution < -0.4 is 16.2 Å². The Kier molecular flexibility index (Phi) is 13.8. The van der Waals surface area contributed by atoms with Crippen LogP contribution in [0, 0.1) is 12.3 Å². The van der Waals surface area contributed by atoms with E-state index >= 15 is 0 Å². The molecule has 3 aromatic heterocycles. The largest absolute Gasteiger partial charge is 0.391 e. The Bertz CT molecular complexity index is 3040. The van der Waals surface area contributed by atoms with Gasteiger partial charge in [-0.2, -0.15) is 4.98 Å². The summed E-state index contributed by atoms with van der Waals surface area (Å²) in [6, 6.07) is 18.2. The predicted octanol–water partition coefficient (Wildman–Crippen LogP) is 8.55. The summed E-state index contributed by atoms with van der Waals surface area (Å²) in [5, 5.41) is 17.3. The van der Waals surface area contributed by atoms with E-state index in [1.165, 1.54) is 10.5 Å². The van der Waals surface area contributed by atoms with Crippen molar-refractivity contribution < 1.29 is 28.6 Å². The molecule has 0 bridgehead atoms. The van der Waals surface area contributed by atoms with Gasteiger partial charge < -0.3 is 34.8 Å². The molecule has 71 heavy (non-hydrogen) atoms. The number of rotatable bonds is 14. The van der Waals surface area contributed by atoms with Crippen LogP contribution in [-0.2, 0) is 19.1 Å². The SMILES string of the molecule is Cc1ncsc1-c1ccc([C@H](CO[C@H](C)CN2CCC(c3ccc4c(c3)n(C3CCCC3)c3nc(=O)c5c(Br)cccc5n43)CC2)NC(=O)[C@@H]2C[C@@H](O)CN2C(=O)[C@@H](NC(=O)C2(F)CC2)C(C)(C)C)cc1. The summed E-state index contributed by atoms with van der Waals surface area (Å²) in [5.41, 5.74) is 5.92. The number of aromatic nitrogens is 4. The number of carbonyl (C=O) groups is 3. The minimum atomic E-state index is -1.98. The highest BCUT2D eigenvalue weighted by atomic mass is 79.9. The number of hydrogen-bond acceptors (Lipinski definition) is 10. The number of nitrogens with zero attached hydrogens (tertiary/aromatic N) is 6. The van der Waals surface area contributed by atoms with Crippen LogP contribution in [0.3, 0.4) is 0 Å². The summed E-state index contributed by atoms with van der Waals surface area (Å²) in [7, 11) is 0. The van der Waals surface area contributed by atoms with Crippen LogP contribution in [0.4, 0.5) is 4.39 Å². The second-order valence-electron chi connectivity index (χ2n) is 21.5. The van der Waals surface area contributed by atoms with E-state index in [1.807, 2.05) is 54.9 Å². The fourth-order valence-corrected chi connectivity index (χ4v) is 12.5. The third kappa shape index (κ3) is 9.93. The number of ether oxygens (including phenoxy) is 1. The van der Waals surface area contributed by atoms with Gasteiger partial charge in [-0.05, 0) is 134 Å². The molecule has 5 atom stereocenters. The molecule has 0 spiro atoms. The molecule has 3 N–H and O–H groups in total. The van der Waals surface area contributed by atoms with E-state index in [0.717, 1.165) is 94.3 Å². The molecule has 17 heteroatoms. The number of β-amino-alcohol motifs (C(OH)–C–C–N with tert-alkyl or cyclic N) is 1. The van der Waals surface area contributed by atoms with Gasteiger partial charge in [0.2, 0.25) is 17.6 Å². The summed E-state index contributed by atoms with van der Waals surface area (Å²) < 4.78 is 26.7. The van der Waals surface area contributed by atoms with E-state index in [1.54, 1.807) is 32.1 Å². The number of benzene rings is 3. The van der Waals surface area contributed by atoms with Gasteiger partial charge in [0, 0.05) is 30.0 Å². The number of halogens is 2. The molecule has 0 radical (unpaired) electrons. The van der Waals surface area contributed by atoms with Gasteiger partial charge in [-0.1, -0.05) is 70.0 Å². The van der Waals surface area contributed by atoms with Crippen molar-refractivity contribution in [3.63, 3.8) is 0 Å². The maximum Gasteiger partial charge on any atom is 0.283 e.